The lowest BCUT2D eigenvalue weighted by atomic mass is 10.2. The summed E-state index contributed by atoms with van der Waals surface area (Å²) in [4.78, 5) is 4.36. The van der Waals surface area contributed by atoms with Gasteiger partial charge in [-0.1, -0.05) is 17.7 Å². The van der Waals surface area contributed by atoms with Gasteiger partial charge < -0.3 is 5.32 Å². The minimum atomic E-state index is 0.716. The van der Waals surface area contributed by atoms with Gasteiger partial charge in [0.05, 0.1) is 5.52 Å². The van der Waals surface area contributed by atoms with Gasteiger partial charge in [-0.2, -0.15) is 0 Å². The predicted octanol–water partition coefficient (Wildman–Crippen LogP) is 2.93. The van der Waals surface area contributed by atoms with Gasteiger partial charge >= 0.3 is 0 Å². The number of nitrogens with zero attached hydrogens (tertiary/aromatic N) is 1. The Morgan fingerprint density at radius 1 is 1.23 bits per heavy atom. The number of fused-ring (bicyclic) bond motifs is 1. The van der Waals surface area contributed by atoms with Crippen LogP contribution in [0, 0.1) is 0 Å². The highest BCUT2D eigenvalue weighted by atomic mass is 35.5. The summed E-state index contributed by atoms with van der Waals surface area (Å²) < 4.78 is 0. The molecule has 3 heteroatoms. The zero-order valence-electron chi connectivity index (χ0n) is 7.21. The van der Waals surface area contributed by atoms with Crippen LogP contribution in [0.3, 0.4) is 0 Å². The standard InChI is InChI=1S/C10H9ClN2/c1-12-10-5-3-7-2-4-8(11)6-9(7)13-10/h2-6H,1H3,(H,12,13). The molecule has 1 heterocycles. The first-order valence-electron chi connectivity index (χ1n) is 4.03. The fourth-order valence-electron chi connectivity index (χ4n) is 1.23. The molecule has 0 saturated carbocycles. The van der Waals surface area contributed by atoms with Crippen LogP contribution in [0.25, 0.3) is 10.9 Å². The number of benzene rings is 1. The van der Waals surface area contributed by atoms with Crippen molar-refractivity contribution < 1.29 is 0 Å². The van der Waals surface area contributed by atoms with Gasteiger partial charge in [0.2, 0.25) is 0 Å². The number of pyridine rings is 1. The third kappa shape index (κ3) is 1.58. The number of hydrogen-bond acceptors (Lipinski definition) is 2. The van der Waals surface area contributed by atoms with Crippen molar-refractivity contribution >= 4 is 28.3 Å². The molecule has 2 rings (SSSR count). The maximum atomic E-state index is 5.85. The summed E-state index contributed by atoms with van der Waals surface area (Å²) >= 11 is 5.85. The molecule has 0 aliphatic rings. The van der Waals surface area contributed by atoms with Gasteiger partial charge in [-0.3, -0.25) is 0 Å². The number of nitrogens with one attached hydrogen (secondary N) is 1. The number of hydrogen-bond donors (Lipinski definition) is 1. The number of halogens is 1. The first-order chi connectivity index (χ1) is 6.29. The monoisotopic (exact) mass is 192 g/mol. The third-order valence-electron chi connectivity index (χ3n) is 1.91. The molecule has 0 unspecified atom stereocenters. The van der Waals surface area contributed by atoms with Crippen molar-refractivity contribution in [3.05, 3.63) is 35.4 Å². The third-order valence-corrected chi connectivity index (χ3v) is 2.15. The van der Waals surface area contributed by atoms with Crippen LogP contribution in [0.2, 0.25) is 5.02 Å². The number of anilines is 1. The van der Waals surface area contributed by atoms with E-state index in [1.165, 1.54) is 0 Å². The van der Waals surface area contributed by atoms with Crippen LogP contribution in [0.4, 0.5) is 5.82 Å². The van der Waals surface area contributed by atoms with E-state index >= 15 is 0 Å². The smallest absolute Gasteiger partial charge is 0.126 e. The second kappa shape index (κ2) is 3.23. The van der Waals surface area contributed by atoms with E-state index in [-0.39, 0.29) is 0 Å². The molecule has 0 saturated heterocycles. The summed E-state index contributed by atoms with van der Waals surface area (Å²) in [7, 11) is 1.85. The molecule has 1 aromatic heterocycles. The van der Waals surface area contributed by atoms with Crippen molar-refractivity contribution in [2.45, 2.75) is 0 Å². The molecular weight excluding hydrogens is 184 g/mol. The van der Waals surface area contributed by atoms with Crippen LogP contribution in [0.5, 0.6) is 0 Å². The van der Waals surface area contributed by atoms with Gasteiger partial charge in [0.1, 0.15) is 5.82 Å². The Bertz CT molecular complexity index is 440. The first kappa shape index (κ1) is 8.32. The van der Waals surface area contributed by atoms with Crippen molar-refractivity contribution in [2.75, 3.05) is 12.4 Å². The molecule has 66 valence electrons. The second-order valence-corrected chi connectivity index (χ2v) is 3.22. The van der Waals surface area contributed by atoms with Crippen LogP contribution in [0.1, 0.15) is 0 Å². The summed E-state index contributed by atoms with van der Waals surface area (Å²) in [6.07, 6.45) is 0. The highest BCUT2D eigenvalue weighted by Crippen LogP contribution is 2.19. The van der Waals surface area contributed by atoms with Crippen molar-refractivity contribution in [3.8, 4) is 0 Å². The highest BCUT2D eigenvalue weighted by molar-refractivity contribution is 6.31. The van der Waals surface area contributed by atoms with E-state index in [1.807, 2.05) is 37.4 Å². The molecule has 0 bridgehead atoms. The van der Waals surface area contributed by atoms with Crippen molar-refractivity contribution in [3.63, 3.8) is 0 Å². The Balaban J connectivity index is 2.68. The van der Waals surface area contributed by atoms with E-state index in [0.717, 1.165) is 16.7 Å². The zero-order valence-corrected chi connectivity index (χ0v) is 7.97. The lowest BCUT2D eigenvalue weighted by molar-refractivity contribution is 1.34. The van der Waals surface area contributed by atoms with Crippen LogP contribution in [0.15, 0.2) is 30.3 Å². The van der Waals surface area contributed by atoms with Gasteiger partial charge in [0, 0.05) is 17.5 Å². The minimum Gasteiger partial charge on any atom is -0.373 e. The molecular formula is C10H9ClN2. The van der Waals surface area contributed by atoms with E-state index in [1.54, 1.807) is 0 Å². The summed E-state index contributed by atoms with van der Waals surface area (Å²) in [6, 6.07) is 9.65. The SMILES string of the molecule is CNc1ccc2ccc(Cl)cc2n1. The van der Waals surface area contributed by atoms with Gasteiger partial charge in [0.25, 0.3) is 0 Å². The van der Waals surface area contributed by atoms with E-state index in [0.29, 0.717) is 5.02 Å². The molecule has 0 radical (unpaired) electrons. The zero-order chi connectivity index (χ0) is 9.26. The molecule has 0 fully saturated rings. The molecule has 0 aliphatic carbocycles. The fraction of sp³-hybridized carbons (Fsp3) is 0.100. The second-order valence-electron chi connectivity index (χ2n) is 2.78. The number of rotatable bonds is 1. The van der Waals surface area contributed by atoms with E-state index in [4.69, 9.17) is 11.6 Å². The molecule has 0 aliphatic heterocycles. The van der Waals surface area contributed by atoms with Crippen LogP contribution >= 0.6 is 11.6 Å². The van der Waals surface area contributed by atoms with Crippen LogP contribution in [-0.4, -0.2) is 12.0 Å². The Hall–Kier alpha value is -1.28. The average Bonchev–Trinajstić information content (AvgIpc) is 2.16. The van der Waals surface area contributed by atoms with Gasteiger partial charge in [-0.15, -0.1) is 0 Å². The van der Waals surface area contributed by atoms with Gasteiger partial charge in [-0.25, -0.2) is 4.98 Å². The quantitative estimate of drug-likeness (QED) is 0.752. The molecule has 2 nitrogen and oxygen atoms in total. The Kier molecular flexibility index (Phi) is 2.07. The molecule has 13 heavy (non-hydrogen) atoms. The van der Waals surface area contributed by atoms with Crippen molar-refractivity contribution in [2.24, 2.45) is 0 Å². The first-order valence-corrected chi connectivity index (χ1v) is 4.41. The Labute approximate surface area is 81.6 Å². The highest BCUT2D eigenvalue weighted by Gasteiger charge is 1.96. The summed E-state index contributed by atoms with van der Waals surface area (Å²) in [5.74, 6) is 0.856. The summed E-state index contributed by atoms with van der Waals surface area (Å²) in [6.45, 7) is 0. The summed E-state index contributed by atoms with van der Waals surface area (Å²) in [5.41, 5.74) is 0.916. The van der Waals surface area contributed by atoms with Gasteiger partial charge in [-0.05, 0) is 24.3 Å². The molecule has 2 aromatic rings. The Morgan fingerprint density at radius 3 is 2.77 bits per heavy atom. The molecule has 1 aromatic carbocycles. The van der Waals surface area contributed by atoms with E-state index < -0.39 is 0 Å². The van der Waals surface area contributed by atoms with Crippen LogP contribution in [-0.2, 0) is 0 Å². The van der Waals surface area contributed by atoms with Crippen molar-refractivity contribution in [1.82, 2.24) is 4.98 Å². The Morgan fingerprint density at radius 2 is 2.00 bits per heavy atom. The predicted molar refractivity (Wildman–Crippen MR) is 56.3 cm³/mol. The largest absolute Gasteiger partial charge is 0.373 e. The normalized spacial score (nSPS) is 10.3. The van der Waals surface area contributed by atoms with Crippen molar-refractivity contribution in [1.29, 1.82) is 0 Å². The summed E-state index contributed by atoms with van der Waals surface area (Å²) in [5, 5.41) is 4.80. The van der Waals surface area contributed by atoms with Gasteiger partial charge in [0.15, 0.2) is 0 Å². The number of aromatic nitrogens is 1. The topological polar surface area (TPSA) is 24.9 Å². The average molecular weight is 193 g/mol. The maximum Gasteiger partial charge on any atom is 0.126 e. The minimum absolute atomic E-state index is 0.716. The molecule has 0 spiro atoms. The molecule has 0 amide bonds. The lowest BCUT2D eigenvalue weighted by Crippen LogP contribution is -1.91. The molecule has 1 N–H and O–H groups in total. The van der Waals surface area contributed by atoms with E-state index in [2.05, 4.69) is 10.3 Å². The maximum absolute atomic E-state index is 5.85. The fourth-order valence-corrected chi connectivity index (χ4v) is 1.40. The van der Waals surface area contributed by atoms with Crippen LogP contribution < -0.4 is 5.32 Å². The lowest BCUT2D eigenvalue weighted by Gasteiger charge is -2.01. The molecule has 0 atom stereocenters. The van der Waals surface area contributed by atoms with E-state index in [9.17, 15) is 0 Å².